The second kappa shape index (κ2) is 11.7. The number of carbonyl (C=O) groups is 2. The number of urea groups is 1. The van der Waals surface area contributed by atoms with Crippen LogP contribution in [0, 0.1) is 11.8 Å². The third kappa shape index (κ3) is 6.44. The number of nitrogens with two attached hydrogens (primary N) is 1. The van der Waals surface area contributed by atoms with E-state index in [1.807, 2.05) is 30.3 Å². The lowest BCUT2D eigenvalue weighted by Gasteiger charge is -2.24. The molecule has 1 atom stereocenters. The smallest absolute Gasteiger partial charge is 0.416 e. The van der Waals surface area contributed by atoms with Gasteiger partial charge < -0.3 is 25.8 Å². The molecule has 1 saturated heterocycles. The topological polar surface area (TPSA) is 119 Å². The van der Waals surface area contributed by atoms with Crippen LogP contribution in [0.15, 0.2) is 59.3 Å². The van der Waals surface area contributed by atoms with Gasteiger partial charge in [0.1, 0.15) is 0 Å². The molecule has 0 spiro atoms. The first-order valence-corrected chi connectivity index (χ1v) is 13.4. The Morgan fingerprint density at radius 1 is 1.10 bits per heavy atom. The third-order valence-corrected chi connectivity index (χ3v) is 7.67. The number of aromatic nitrogens is 2. The maximum absolute atomic E-state index is 13.7. The van der Waals surface area contributed by atoms with Crippen molar-refractivity contribution >= 4 is 29.2 Å². The maximum Gasteiger partial charge on any atom is 0.416 e. The minimum atomic E-state index is -4.69. The van der Waals surface area contributed by atoms with Gasteiger partial charge in [-0.05, 0) is 74.0 Å². The van der Waals surface area contributed by atoms with Crippen molar-refractivity contribution in [2.75, 3.05) is 23.3 Å². The zero-order valence-electron chi connectivity index (χ0n) is 21.8. The Hall–Kier alpha value is -3.93. The van der Waals surface area contributed by atoms with E-state index in [0.717, 1.165) is 43.4 Å². The quantitative estimate of drug-likeness (QED) is 0.372. The molecule has 40 heavy (non-hydrogen) atoms. The van der Waals surface area contributed by atoms with Gasteiger partial charge in [-0.2, -0.15) is 13.2 Å². The number of rotatable bonds is 7. The van der Waals surface area contributed by atoms with Gasteiger partial charge in [-0.15, -0.1) is 0 Å². The van der Waals surface area contributed by atoms with Crippen LogP contribution in [0.2, 0.25) is 0 Å². The van der Waals surface area contributed by atoms with E-state index in [2.05, 4.69) is 15.9 Å². The van der Waals surface area contributed by atoms with Gasteiger partial charge in [0.05, 0.1) is 11.5 Å². The normalized spacial score (nSPS) is 21.4. The lowest BCUT2D eigenvalue weighted by atomic mass is 9.82. The van der Waals surface area contributed by atoms with Crippen molar-refractivity contribution in [1.29, 1.82) is 0 Å². The van der Waals surface area contributed by atoms with Crippen molar-refractivity contribution in [2.45, 2.75) is 50.7 Å². The van der Waals surface area contributed by atoms with Crippen LogP contribution in [-0.4, -0.2) is 30.3 Å². The standard InChI is InChI=1S/C28H31F3N6O3/c29-28(30,31)21-12-22(14-23(13-21)37-11-10-24(26(37)38)20-4-2-1-3-5-20)33-27(39)34-25-17-36(35-40-25)16-19-8-6-18(15-32)7-9-19/h1-5,12-14,17-19,24H,6-11,15-16,32H2,(H-,33,34,35,39). The summed E-state index contributed by atoms with van der Waals surface area (Å²) in [7, 11) is 0. The molecule has 1 aliphatic heterocycles. The molecule has 12 heteroatoms. The Labute approximate surface area is 229 Å². The van der Waals surface area contributed by atoms with Crippen LogP contribution >= 0.6 is 0 Å². The first-order chi connectivity index (χ1) is 19.2. The van der Waals surface area contributed by atoms with Gasteiger partial charge in [0.2, 0.25) is 18.0 Å². The molecule has 3 aromatic rings. The molecule has 0 bridgehead atoms. The third-order valence-electron chi connectivity index (χ3n) is 7.67. The van der Waals surface area contributed by atoms with E-state index in [9.17, 15) is 22.8 Å². The molecule has 5 rings (SSSR count). The first-order valence-electron chi connectivity index (χ1n) is 13.4. The number of alkyl halides is 3. The van der Waals surface area contributed by atoms with E-state index in [4.69, 9.17) is 10.3 Å². The predicted octanol–water partition coefficient (Wildman–Crippen LogP) is 5.50. The summed E-state index contributed by atoms with van der Waals surface area (Å²) in [5.74, 6) is 0.157. The molecule has 2 fully saturated rings. The second-order valence-electron chi connectivity index (χ2n) is 10.4. The summed E-state index contributed by atoms with van der Waals surface area (Å²) >= 11 is 0. The minimum absolute atomic E-state index is 0.0513. The lowest BCUT2D eigenvalue weighted by Crippen LogP contribution is -2.40. The number of hydrogen-bond donors (Lipinski definition) is 2. The fourth-order valence-corrected chi connectivity index (χ4v) is 5.50. The van der Waals surface area contributed by atoms with Gasteiger partial charge in [-0.3, -0.25) is 9.59 Å². The van der Waals surface area contributed by atoms with Gasteiger partial charge in [0.25, 0.3) is 0 Å². The summed E-state index contributed by atoms with van der Waals surface area (Å²) in [4.78, 5) is 27.0. The van der Waals surface area contributed by atoms with Crippen molar-refractivity contribution < 1.29 is 32.0 Å². The van der Waals surface area contributed by atoms with E-state index < -0.39 is 23.7 Å². The molecule has 212 valence electrons. The highest BCUT2D eigenvalue weighted by molar-refractivity contribution is 6.04. The first kappa shape index (κ1) is 27.6. The fraction of sp³-hybridized carbons (Fsp3) is 0.429. The van der Waals surface area contributed by atoms with Gasteiger partial charge >= 0.3 is 6.18 Å². The van der Waals surface area contributed by atoms with Crippen LogP contribution in [0.3, 0.4) is 0 Å². The minimum Gasteiger partial charge on any atom is -0.424 e. The Kier molecular flexibility index (Phi) is 8.06. The van der Waals surface area contributed by atoms with Crippen molar-refractivity contribution in [3.8, 4) is 0 Å². The summed E-state index contributed by atoms with van der Waals surface area (Å²) in [6.07, 6.45) is 1.45. The Bertz CT molecular complexity index is 1340. The second-order valence-corrected chi connectivity index (χ2v) is 10.4. The molecule has 9 nitrogen and oxygen atoms in total. The van der Waals surface area contributed by atoms with Crippen LogP contribution < -0.4 is 20.6 Å². The molecule has 3 amide bonds. The van der Waals surface area contributed by atoms with Crippen molar-refractivity contribution in [2.24, 2.45) is 17.6 Å². The highest BCUT2D eigenvalue weighted by Crippen LogP contribution is 2.38. The highest BCUT2D eigenvalue weighted by Gasteiger charge is 2.36. The number of benzene rings is 2. The van der Waals surface area contributed by atoms with E-state index in [-0.39, 0.29) is 29.7 Å². The summed E-state index contributed by atoms with van der Waals surface area (Å²) in [6, 6.07) is 11.3. The fourth-order valence-electron chi connectivity index (χ4n) is 5.50. The van der Waals surface area contributed by atoms with Gasteiger partial charge in [-0.25, -0.2) is 0 Å². The van der Waals surface area contributed by atoms with E-state index in [1.54, 1.807) is 4.68 Å². The van der Waals surface area contributed by atoms with Crippen LogP contribution in [0.1, 0.15) is 49.1 Å². The largest absolute Gasteiger partial charge is 0.424 e. The molecule has 1 unspecified atom stereocenters. The number of nitrogens with one attached hydrogen (secondary N) is 1. The van der Waals surface area contributed by atoms with Gasteiger partial charge in [-0.1, -0.05) is 35.0 Å². The number of nitrogens with zero attached hydrogens (tertiary/aromatic N) is 4. The van der Waals surface area contributed by atoms with E-state index in [1.165, 1.54) is 17.2 Å². The molecule has 3 N–H and O–H groups in total. The predicted molar refractivity (Wildman–Crippen MR) is 141 cm³/mol. The number of anilines is 2. The SMILES string of the molecule is NCC1CCC(C[n+]2cc([N-]C(=O)Nc3cc(N4CCC(c5ccccc5)C4=O)cc(C(F)(F)F)c3)on2)CC1. The number of carbonyl (C=O) groups excluding carboxylic acids is 2. The van der Waals surface area contributed by atoms with Crippen LogP contribution in [-0.2, 0) is 17.5 Å². The average molecular weight is 557 g/mol. The molecule has 1 aromatic heterocycles. The van der Waals surface area contributed by atoms with Crippen LogP contribution in [0.5, 0.6) is 0 Å². The number of amides is 3. The van der Waals surface area contributed by atoms with E-state index in [0.29, 0.717) is 31.3 Å². The molecule has 2 aliphatic rings. The highest BCUT2D eigenvalue weighted by atomic mass is 19.4. The summed E-state index contributed by atoms with van der Waals surface area (Å²) in [5, 5.41) is 10.1. The summed E-state index contributed by atoms with van der Waals surface area (Å²) in [6.45, 7) is 1.56. The molecule has 1 aliphatic carbocycles. The monoisotopic (exact) mass is 556 g/mol. The van der Waals surface area contributed by atoms with Crippen molar-refractivity contribution in [1.82, 2.24) is 5.27 Å². The molecule has 2 aromatic carbocycles. The Morgan fingerprint density at radius 2 is 1.82 bits per heavy atom. The molecular weight excluding hydrogens is 525 g/mol. The van der Waals surface area contributed by atoms with Gasteiger partial charge in [0, 0.05) is 18.2 Å². The Morgan fingerprint density at radius 3 is 2.52 bits per heavy atom. The van der Waals surface area contributed by atoms with Gasteiger partial charge in [0.15, 0.2) is 17.8 Å². The molecule has 0 radical (unpaired) electrons. The van der Waals surface area contributed by atoms with Crippen LogP contribution in [0.4, 0.5) is 35.2 Å². The Balaban J connectivity index is 1.26. The summed E-state index contributed by atoms with van der Waals surface area (Å²) in [5.41, 5.74) is 5.48. The number of halogens is 3. The maximum atomic E-state index is 13.7. The average Bonchev–Trinajstić information content (AvgIpc) is 3.54. The van der Waals surface area contributed by atoms with E-state index >= 15 is 0 Å². The van der Waals surface area contributed by atoms with Crippen molar-refractivity contribution in [3.63, 3.8) is 0 Å². The van der Waals surface area contributed by atoms with Crippen LogP contribution in [0.25, 0.3) is 5.32 Å². The molecular formula is C28H31F3N6O3. The van der Waals surface area contributed by atoms with Crippen molar-refractivity contribution in [3.05, 3.63) is 71.2 Å². The zero-order valence-corrected chi connectivity index (χ0v) is 21.8. The summed E-state index contributed by atoms with van der Waals surface area (Å²) < 4.78 is 47.9. The lowest BCUT2D eigenvalue weighted by molar-refractivity contribution is -0.767. The number of hydrogen-bond acceptors (Lipinski definition) is 5. The zero-order chi connectivity index (χ0) is 28.3. The molecule has 2 heterocycles. The molecule has 1 saturated carbocycles.